The fourth-order valence-electron chi connectivity index (χ4n) is 2.25. The summed E-state index contributed by atoms with van der Waals surface area (Å²) < 4.78 is 28.0. The SMILES string of the molecule is C[C@H](NC[C@H](O)COc1ccc(C#N)cc1)c1ccc(S(N)(=O)=O)cc1. The third kappa shape index (κ3) is 5.82. The van der Waals surface area contributed by atoms with E-state index in [1.807, 2.05) is 13.0 Å². The van der Waals surface area contributed by atoms with Crippen molar-refractivity contribution >= 4 is 10.0 Å². The molecule has 2 atom stereocenters. The number of aliphatic hydroxyl groups is 1. The van der Waals surface area contributed by atoms with Crippen molar-refractivity contribution in [2.75, 3.05) is 13.2 Å². The predicted octanol–water partition coefficient (Wildman–Crippen LogP) is 1.30. The molecule has 8 heteroatoms. The van der Waals surface area contributed by atoms with Crippen molar-refractivity contribution in [3.63, 3.8) is 0 Å². The highest BCUT2D eigenvalue weighted by molar-refractivity contribution is 7.89. The zero-order chi connectivity index (χ0) is 19.2. The van der Waals surface area contributed by atoms with E-state index in [-0.39, 0.29) is 17.5 Å². The molecule has 138 valence electrons. The number of nitriles is 1. The predicted molar refractivity (Wildman–Crippen MR) is 96.9 cm³/mol. The van der Waals surface area contributed by atoms with Crippen LogP contribution in [0.5, 0.6) is 5.75 Å². The van der Waals surface area contributed by atoms with Gasteiger partial charge in [-0.2, -0.15) is 5.26 Å². The number of hydrogen-bond donors (Lipinski definition) is 3. The van der Waals surface area contributed by atoms with E-state index in [4.69, 9.17) is 15.1 Å². The molecule has 0 aliphatic carbocycles. The minimum Gasteiger partial charge on any atom is -0.491 e. The summed E-state index contributed by atoms with van der Waals surface area (Å²) in [5.41, 5.74) is 1.42. The molecule has 0 bridgehead atoms. The van der Waals surface area contributed by atoms with Crippen LogP contribution in [0.2, 0.25) is 0 Å². The van der Waals surface area contributed by atoms with E-state index in [1.165, 1.54) is 12.1 Å². The highest BCUT2D eigenvalue weighted by atomic mass is 32.2. The van der Waals surface area contributed by atoms with Crippen LogP contribution in [-0.2, 0) is 10.0 Å². The van der Waals surface area contributed by atoms with Crippen molar-refractivity contribution in [3.05, 3.63) is 59.7 Å². The zero-order valence-corrected chi connectivity index (χ0v) is 15.1. The molecule has 0 amide bonds. The Morgan fingerprint density at radius 2 is 1.81 bits per heavy atom. The third-order valence-electron chi connectivity index (χ3n) is 3.79. The molecule has 4 N–H and O–H groups in total. The Morgan fingerprint density at radius 3 is 2.35 bits per heavy atom. The largest absolute Gasteiger partial charge is 0.491 e. The number of hydrogen-bond acceptors (Lipinski definition) is 6. The molecular weight excluding hydrogens is 354 g/mol. The van der Waals surface area contributed by atoms with Crippen molar-refractivity contribution in [2.45, 2.75) is 24.0 Å². The molecule has 0 saturated heterocycles. The second-order valence-electron chi connectivity index (χ2n) is 5.84. The van der Waals surface area contributed by atoms with Gasteiger partial charge >= 0.3 is 0 Å². The lowest BCUT2D eigenvalue weighted by Crippen LogP contribution is -2.33. The van der Waals surface area contributed by atoms with Crippen molar-refractivity contribution in [1.82, 2.24) is 5.32 Å². The maximum absolute atomic E-state index is 11.3. The zero-order valence-electron chi connectivity index (χ0n) is 14.3. The maximum atomic E-state index is 11.3. The Hall–Kier alpha value is -2.44. The van der Waals surface area contributed by atoms with E-state index < -0.39 is 16.1 Å². The Kier molecular flexibility index (Phi) is 6.71. The minimum atomic E-state index is -3.70. The number of benzene rings is 2. The molecule has 0 saturated carbocycles. The van der Waals surface area contributed by atoms with Gasteiger partial charge in [-0.05, 0) is 48.9 Å². The number of ether oxygens (including phenoxy) is 1. The van der Waals surface area contributed by atoms with Gasteiger partial charge in [0.05, 0.1) is 16.5 Å². The van der Waals surface area contributed by atoms with Crippen LogP contribution in [-0.4, -0.2) is 32.8 Å². The highest BCUT2D eigenvalue weighted by Crippen LogP contribution is 2.16. The number of aliphatic hydroxyl groups excluding tert-OH is 1. The lowest BCUT2D eigenvalue weighted by molar-refractivity contribution is 0.104. The number of sulfonamides is 1. The fourth-order valence-corrected chi connectivity index (χ4v) is 2.77. The summed E-state index contributed by atoms with van der Waals surface area (Å²) in [5.74, 6) is 0.578. The van der Waals surface area contributed by atoms with Gasteiger partial charge in [0, 0.05) is 12.6 Å². The van der Waals surface area contributed by atoms with Crippen LogP contribution in [0.15, 0.2) is 53.4 Å². The van der Waals surface area contributed by atoms with Crippen LogP contribution in [0, 0.1) is 11.3 Å². The first kappa shape index (κ1) is 19.9. The molecule has 0 aliphatic heterocycles. The summed E-state index contributed by atoms with van der Waals surface area (Å²) in [6, 6.07) is 14.8. The lowest BCUT2D eigenvalue weighted by atomic mass is 10.1. The van der Waals surface area contributed by atoms with Gasteiger partial charge in [0.2, 0.25) is 10.0 Å². The molecule has 0 radical (unpaired) electrons. The Morgan fingerprint density at radius 1 is 1.19 bits per heavy atom. The first-order valence-electron chi connectivity index (χ1n) is 7.97. The van der Waals surface area contributed by atoms with Crippen molar-refractivity contribution in [2.24, 2.45) is 5.14 Å². The van der Waals surface area contributed by atoms with Crippen molar-refractivity contribution in [1.29, 1.82) is 5.26 Å². The molecule has 0 fully saturated rings. The monoisotopic (exact) mass is 375 g/mol. The Balaban J connectivity index is 1.80. The maximum Gasteiger partial charge on any atom is 0.238 e. The Labute approximate surface area is 153 Å². The van der Waals surface area contributed by atoms with Gasteiger partial charge in [-0.1, -0.05) is 12.1 Å². The van der Waals surface area contributed by atoms with Gasteiger partial charge in [-0.3, -0.25) is 0 Å². The topological polar surface area (TPSA) is 125 Å². The quantitative estimate of drug-likeness (QED) is 0.638. The summed E-state index contributed by atoms with van der Waals surface area (Å²) in [4.78, 5) is 0.0595. The van der Waals surface area contributed by atoms with Crippen LogP contribution in [0.3, 0.4) is 0 Å². The third-order valence-corrected chi connectivity index (χ3v) is 4.72. The van der Waals surface area contributed by atoms with E-state index in [2.05, 4.69) is 5.32 Å². The number of nitrogens with two attached hydrogens (primary N) is 1. The molecule has 2 aromatic carbocycles. The van der Waals surface area contributed by atoms with Crippen LogP contribution >= 0.6 is 0 Å². The van der Waals surface area contributed by atoms with Gasteiger partial charge < -0.3 is 15.2 Å². The molecule has 0 aromatic heterocycles. The molecular formula is C18H21N3O4S. The molecule has 7 nitrogen and oxygen atoms in total. The normalized spacial score (nSPS) is 13.6. The molecule has 0 spiro atoms. The molecule has 0 heterocycles. The fraction of sp³-hybridized carbons (Fsp3) is 0.278. The number of nitrogens with zero attached hydrogens (tertiary/aromatic N) is 1. The summed E-state index contributed by atoms with van der Waals surface area (Å²) >= 11 is 0. The second-order valence-corrected chi connectivity index (χ2v) is 7.41. The van der Waals surface area contributed by atoms with E-state index in [9.17, 15) is 13.5 Å². The van der Waals surface area contributed by atoms with E-state index >= 15 is 0 Å². The Bertz CT molecular complexity index is 859. The smallest absolute Gasteiger partial charge is 0.238 e. The van der Waals surface area contributed by atoms with Crippen molar-refractivity contribution in [3.8, 4) is 11.8 Å². The molecule has 2 aromatic rings. The second kappa shape index (κ2) is 8.78. The molecule has 0 unspecified atom stereocenters. The lowest BCUT2D eigenvalue weighted by Gasteiger charge is -2.18. The molecule has 0 aliphatic rings. The average Bonchev–Trinajstić information content (AvgIpc) is 2.64. The number of primary sulfonamides is 1. The summed E-state index contributed by atoms with van der Waals surface area (Å²) in [6.45, 7) is 2.31. The standard InChI is InChI=1S/C18H21N3O4S/c1-13(15-4-8-18(9-5-15)26(20,23)24)21-11-16(22)12-25-17-6-2-14(10-19)3-7-17/h2-9,13,16,21-22H,11-12H2,1H3,(H2,20,23,24)/t13-,16-/m0/s1. The molecule has 26 heavy (non-hydrogen) atoms. The van der Waals surface area contributed by atoms with Crippen LogP contribution < -0.4 is 15.2 Å². The van der Waals surface area contributed by atoms with Gasteiger partial charge in [0.15, 0.2) is 0 Å². The first-order chi connectivity index (χ1) is 12.3. The van der Waals surface area contributed by atoms with Gasteiger partial charge in [0.1, 0.15) is 18.5 Å². The highest BCUT2D eigenvalue weighted by Gasteiger charge is 2.12. The van der Waals surface area contributed by atoms with Gasteiger partial charge in [-0.25, -0.2) is 13.6 Å². The van der Waals surface area contributed by atoms with E-state index in [0.717, 1.165) is 5.56 Å². The average molecular weight is 375 g/mol. The number of nitrogens with one attached hydrogen (secondary N) is 1. The van der Waals surface area contributed by atoms with Gasteiger partial charge in [-0.15, -0.1) is 0 Å². The summed E-state index contributed by atoms with van der Waals surface area (Å²) in [5, 5.41) is 27.0. The first-order valence-corrected chi connectivity index (χ1v) is 9.51. The number of rotatable bonds is 8. The minimum absolute atomic E-state index is 0.0595. The van der Waals surface area contributed by atoms with Crippen LogP contribution in [0.25, 0.3) is 0 Å². The molecule has 2 rings (SSSR count). The van der Waals surface area contributed by atoms with Crippen LogP contribution in [0.4, 0.5) is 0 Å². The van der Waals surface area contributed by atoms with Crippen molar-refractivity contribution < 1.29 is 18.3 Å². The summed E-state index contributed by atoms with van der Waals surface area (Å²) in [7, 11) is -3.70. The summed E-state index contributed by atoms with van der Waals surface area (Å²) in [6.07, 6.45) is -0.725. The van der Waals surface area contributed by atoms with E-state index in [1.54, 1.807) is 36.4 Å². The van der Waals surface area contributed by atoms with E-state index in [0.29, 0.717) is 17.9 Å². The van der Waals surface area contributed by atoms with Crippen LogP contribution in [0.1, 0.15) is 24.1 Å². The van der Waals surface area contributed by atoms with Gasteiger partial charge in [0.25, 0.3) is 0 Å².